The average Bonchev–Trinajstić information content (AvgIpc) is 3.10. The van der Waals surface area contributed by atoms with Crippen LogP contribution in [-0.4, -0.2) is 52.8 Å². The molecule has 0 unspecified atom stereocenters. The van der Waals surface area contributed by atoms with Gasteiger partial charge in [0.05, 0.1) is 18.4 Å². The fourth-order valence-corrected chi connectivity index (χ4v) is 5.05. The third-order valence-electron chi connectivity index (χ3n) is 7.34. The molecule has 2 heterocycles. The normalized spacial score (nSPS) is 18.6. The lowest BCUT2D eigenvalue weighted by molar-refractivity contribution is -0.139. The first-order valence-electron chi connectivity index (χ1n) is 13.5. The van der Waals surface area contributed by atoms with Crippen LogP contribution in [0.25, 0.3) is 0 Å². The van der Waals surface area contributed by atoms with Gasteiger partial charge in [0.2, 0.25) is 17.8 Å². The fraction of sp³-hybridized carbons (Fsp3) is 0.379. The van der Waals surface area contributed by atoms with Gasteiger partial charge in [0.15, 0.2) is 0 Å². The number of halogens is 5. The molecule has 43 heavy (non-hydrogen) atoms. The fourth-order valence-electron chi connectivity index (χ4n) is 5.05. The maximum Gasteiger partial charge on any atom is 0.423 e. The summed E-state index contributed by atoms with van der Waals surface area (Å²) in [6.07, 6.45) is 0.308. The number of carbonyl (C=O) groups is 2. The number of benzene rings is 1. The van der Waals surface area contributed by atoms with Crippen LogP contribution in [0.1, 0.15) is 53.6 Å². The Balaban J connectivity index is 1.36. The van der Waals surface area contributed by atoms with Crippen molar-refractivity contribution in [3.63, 3.8) is 0 Å². The number of ether oxygens (including phenoxy) is 2. The molecule has 1 aromatic carbocycles. The lowest BCUT2D eigenvalue weighted by Crippen LogP contribution is -2.40. The molecule has 1 saturated carbocycles. The summed E-state index contributed by atoms with van der Waals surface area (Å²) in [5, 5.41) is 5.60. The molecule has 0 saturated heterocycles. The second-order valence-corrected chi connectivity index (χ2v) is 10.4. The van der Waals surface area contributed by atoms with E-state index in [2.05, 4.69) is 20.6 Å². The Labute approximate surface area is 243 Å². The van der Waals surface area contributed by atoms with E-state index < -0.39 is 29.4 Å². The molecule has 5 rings (SSSR count). The van der Waals surface area contributed by atoms with Crippen molar-refractivity contribution >= 4 is 17.8 Å². The highest BCUT2D eigenvalue weighted by Gasteiger charge is 2.38. The molecule has 0 bridgehead atoms. The first-order valence-corrected chi connectivity index (χ1v) is 13.5. The third kappa shape index (κ3) is 6.62. The molecule has 9 nitrogen and oxygen atoms in total. The highest BCUT2D eigenvalue weighted by atomic mass is 19.4. The topological polar surface area (TPSA) is 106 Å². The summed E-state index contributed by atoms with van der Waals surface area (Å²) >= 11 is 0. The minimum absolute atomic E-state index is 0.0744. The number of carbonyl (C=O) groups excluding carboxylic acids is 2. The van der Waals surface area contributed by atoms with Gasteiger partial charge in [-0.05, 0) is 37.0 Å². The molecule has 2 amide bonds. The molecule has 0 spiro atoms. The second kappa shape index (κ2) is 11.7. The molecular weight excluding hydrogens is 577 g/mol. The highest BCUT2D eigenvalue weighted by molar-refractivity contribution is 6.01. The smallest absolute Gasteiger partial charge is 0.423 e. The predicted octanol–water partition coefficient (Wildman–Crippen LogP) is 5.72. The van der Waals surface area contributed by atoms with Crippen LogP contribution in [-0.2, 0) is 22.3 Å². The maximum absolute atomic E-state index is 13.9. The first-order chi connectivity index (χ1) is 20.3. The Hall–Kier alpha value is -4.49. The molecule has 0 atom stereocenters. The van der Waals surface area contributed by atoms with Gasteiger partial charge in [-0.15, -0.1) is 0 Å². The van der Waals surface area contributed by atoms with Crippen LogP contribution >= 0.6 is 0 Å². The van der Waals surface area contributed by atoms with E-state index in [4.69, 9.17) is 9.47 Å². The van der Waals surface area contributed by atoms with Gasteiger partial charge in [0.1, 0.15) is 17.1 Å². The molecule has 2 aliphatic carbocycles. The van der Waals surface area contributed by atoms with E-state index in [0.717, 1.165) is 0 Å². The largest absolute Gasteiger partial charge is 0.495 e. The van der Waals surface area contributed by atoms with Crippen LogP contribution < -0.4 is 15.4 Å². The second-order valence-electron chi connectivity index (χ2n) is 10.4. The number of methoxy groups -OCH3 is 1. The lowest BCUT2D eigenvalue weighted by Gasteiger charge is -2.28. The summed E-state index contributed by atoms with van der Waals surface area (Å²) in [6, 6.07) is 4.27. The monoisotopic (exact) mass is 605 g/mol. The number of nitrogens with one attached hydrogen (secondary N) is 2. The van der Waals surface area contributed by atoms with Crippen LogP contribution in [0.4, 0.5) is 27.9 Å². The number of nitrogens with zero attached hydrogens (tertiary/aromatic N) is 3. The standard InChI is InChI=1S/C29H28F5N5O4/c1-39-15-17-6-4-8-21(23(17)26(39)41)43-25-19(29(32,33)34)14-35-27(38-25)37-20-7-3-5-16(13-22(20)42-2)24(40)36-18-9-11-28(30,31)12-10-18/h4-8,13-14,18H,3,9-12,15H2,1-2H3,(H,36,40)(H,35,37,38). The molecule has 2 N–H and O–H groups in total. The van der Waals surface area contributed by atoms with Crippen molar-refractivity contribution in [3.05, 3.63) is 76.3 Å². The molecule has 228 valence electrons. The molecule has 1 aromatic heterocycles. The van der Waals surface area contributed by atoms with Gasteiger partial charge < -0.3 is 25.0 Å². The van der Waals surface area contributed by atoms with Crippen LogP contribution in [0, 0.1) is 0 Å². The Kier molecular flexibility index (Phi) is 8.12. The van der Waals surface area contributed by atoms with E-state index >= 15 is 0 Å². The van der Waals surface area contributed by atoms with Gasteiger partial charge in [-0.1, -0.05) is 24.3 Å². The van der Waals surface area contributed by atoms with Gasteiger partial charge in [-0.2, -0.15) is 18.2 Å². The van der Waals surface area contributed by atoms with Crippen LogP contribution in [0.15, 0.2) is 59.7 Å². The zero-order valence-electron chi connectivity index (χ0n) is 23.2. The minimum Gasteiger partial charge on any atom is -0.495 e. The van der Waals surface area contributed by atoms with Crippen molar-refractivity contribution in [2.75, 3.05) is 19.5 Å². The summed E-state index contributed by atoms with van der Waals surface area (Å²) in [6.45, 7) is 0.291. The van der Waals surface area contributed by atoms with Gasteiger partial charge in [0.25, 0.3) is 11.8 Å². The van der Waals surface area contributed by atoms with Gasteiger partial charge >= 0.3 is 6.18 Å². The summed E-state index contributed by atoms with van der Waals surface area (Å²) in [5.74, 6) is -4.56. The van der Waals surface area contributed by atoms with Crippen molar-refractivity contribution in [1.82, 2.24) is 20.2 Å². The molecule has 1 aliphatic heterocycles. The number of amides is 2. The molecular formula is C29H28F5N5O4. The van der Waals surface area contributed by atoms with E-state index in [1.807, 2.05) is 0 Å². The molecule has 2 aromatic rings. The van der Waals surface area contributed by atoms with E-state index in [1.165, 1.54) is 24.2 Å². The average molecular weight is 606 g/mol. The Morgan fingerprint density at radius 2 is 1.91 bits per heavy atom. The number of hydrogen-bond acceptors (Lipinski definition) is 7. The minimum atomic E-state index is -4.85. The van der Waals surface area contributed by atoms with Crippen LogP contribution in [0.3, 0.4) is 0 Å². The summed E-state index contributed by atoms with van der Waals surface area (Å²) in [5.41, 5.74) is 0.0152. The highest BCUT2D eigenvalue weighted by Crippen LogP contribution is 2.40. The van der Waals surface area contributed by atoms with Crippen molar-refractivity contribution in [2.45, 2.75) is 56.8 Å². The Morgan fingerprint density at radius 1 is 1.16 bits per heavy atom. The molecule has 14 heteroatoms. The van der Waals surface area contributed by atoms with E-state index in [-0.39, 0.29) is 78.3 Å². The van der Waals surface area contributed by atoms with Crippen LogP contribution in [0.5, 0.6) is 11.6 Å². The molecule has 0 radical (unpaired) electrons. The summed E-state index contributed by atoms with van der Waals surface area (Å²) in [7, 11) is 2.92. The zero-order chi connectivity index (χ0) is 30.9. The number of fused-ring (bicyclic) bond motifs is 1. The van der Waals surface area contributed by atoms with E-state index in [0.29, 0.717) is 18.3 Å². The van der Waals surface area contributed by atoms with Crippen molar-refractivity contribution < 1.29 is 41.0 Å². The molecule has 3 aliphatic rings. The van der Waals surface area contributed by atoms with E-state index in [1.54, 1.807) is 31.3 Å². The summed E-state index contributed by atoms with van der Waals surface area (Å²) < 4.78 is 79.6. The molecule has 1 fully saturated rings. The van der Waals surface area contributed by atoms with Crippen LogP contribution in [0.2, 0.25) is 0 Å². The summed E-state index contributed by atoms with van der Waals surface area (Å²) in [4.78, 5) is 34.7. The van der Waals surface area contributed by atoms with Gasteiger partial charge in [-0.25, -0.2) is 13.8 Å². The van der Waals surface area contributed by atoms with Gasteiger partial charge in [-0.3, -0.25) is 9.59 Å². The third-order valence-corrected chi connectivity index (χ3v) is 7.34. The van der Waals surface area contributed by atoms with Crippen molar-refractivity contribution in [1.29, 1.82) is 0 Å². The Morgan fingerprint density at radius 3 is 2.60 bits per heavy atom. The number of allylic oxidation sites excluding steroid dienone is 2. The SMILES string of the molecule is COC1=CC(C(=O)NC2CCC(F)(F)CC2)=CCC=C1Nc1ncc(C(F)(F)F)c(Oc2cccc3c2C(=O)N(C)C3)n1. The quantitative estimate of drug-likeness (QED) is 0.389. The van der Waals surface area contributed by atoms with Crippen molar-refractivity contribution in [2.24, 2.45) is 0 Å². The number of hydrogen-bond donors (Lipinski definition) is 2. The maximum atomic E-state index is 13.9. The predicted molar refractivity (Wildman–Crippen MR) is 144 cm³/mol. The number of alkyl halides is 5. The number of rotatable bonds is 7. The number of aromatic nitrogens is 2. The number of anilines is 1. The Bertz CT molecular complexity index is 1530. The first kappa shape index (κ1) is 30.0. The van der Waals surface area contributed by atoms with E-state index in [9.17, 15) is 31.5 Å². The lowest BCUT2D eigenvalue weighted by atomic mass is 9.92. The zero-order valence-corrected chi connectivity index (χ0v) is 23.2. The van der Waals surface area contributed by atoms with Gasteiger partial charge in [0, 0.05) is 44.2 Å². The van der Waals surface area contributed by atoms with Crippen molar-refractivity contribution in [3.8, 4) is 11.6 Å².